The second-order valence-electron chi connectivity index (χ2n) is 24.2. The standard InChI is InChI=1S/C27H33NO2.C19H26O12.2C7H12O2.C6H8O3.C6H8O2.C5H8O3.C5H8O2.C5H6O2/c1-3-27(29)30-22-12-10-8-6-4-5-7-9-11-13-23-14-16-24(17-15-23)25-18-20-26(28-2)21-19-25;1-6-15(24)25-7-8-26-19-18(30-13(5)23)17(29-12(4)22)16(28-11(3)21)14(31-19)9-27-10(2)20;1-5-6(8)9-7(2,3)4;1-3-5-6-9-7(8)4-2;1-2-6(7)9-4-5-3-8-5;1-3-5-8-6(7)4-2;1-2-5(7)8-4-3-6;2*1-3-5(6)7-4-2/h3,14-21H,1,4-13,22H2;6,14,16-19H,1,7-9H2,2-5H3;5H,1H2,2-4H3;4H,2-3,5-6H2,1H3;2,5H,1,3-4H2;3-4H,1-2,5H2;2,6H,1,3-4H2;3H,1,4H2,2H3;3-4H,1-2H2. The summed E-state index contributed by atoms with van der Waals surface area (Å²) in [4.78, 5) is 143. The normalized spacial score (nSPS) is 14.3. The van der Waals surface area contributed by atoms with Gasteiger partial charge in [-0.15, -0.1) is 0 Å². The number of benzene rings is 2. The monoisotopic (exact) mass is 1660 g/mol. The summed E-state index contributed by atoms with van der Waals surface area (Å²) >= 11 is 0. The Balaban J connectivity index is -0.000000442. The van der Waals surface area contributed by atoms with Gasteiger partial charge in [0.25, 0.3) is 0 Å². The molecule has 2 aromatic carbocycles. The number of ether oxygens (including phenoxy) is 16. The molecule has 31 nitrogen and oxygen atoms in total. The van der Waals surface area contributed by atoms with Gasteiger partial charge in [0.05, 0.1) is 52.5 Å². The van der Waals surface area contributed by atoms with Gasteiger partial charge in [-0.3, -0.25) is 19.2 Å². The number of aliphatic hydroxyl groups excluding tert-OH is 1. The molecule has 118 heavy (non-hydrogen) atoms. The highest BCUT2D eigenvalue weighted by molar-refractivity contribution is 5.84. The Morgan fingerprint density at radius 1 is 0.458 bits per heavy atom. The van der Waals surface area contributed by atoms with E-state index in [9.17, 15) is 62.3 Å². The van der Waals surface area contributed by atoms with Gasteiger partial charge in [-0.25, -0.2) is 48.0 Å². The topological polar surface area (TPSA) is 397 Å². The molecule has 654 valence electrons. The predicted octanol–water partition coefficient (Wildman–Crippen LogP) is 12.9. The van der Waals surface area contributed by atoms with Gasteiger partial charge in [-0.2, -0.15) is 0 Å². The van der Waals surface area contributed by atoms with E-state index >= 15 is 0 Å². The fourth-order valence-electron chi connectivity index (χ4n) is 8.04. The smallest absolute Gasteiger partial charge is 0.334 e. The average molecular weight is 1660 g/mol. The highest BCUT2D eigenvalue weighted by Gasteiger charge is 2.53. The van der Waals surface area contributed by atoms with Crippen molar-refractivity contribution in [2.24, 2.45) is 0 Å². The number of unbranched alkanes of at least 4 members (excludes halogenated alkanes) is 9. The van der Waals surface area contributed by atoms with Crippen molar-refractivity contribution in [3.8, 4) is 11.1 Å². The van der Waals surface area contributed by atoms with E-state index in [1.54, 1.807) is 6.92 Å². The molecule has 0 aliphatic carbocycles. The van der Waals surface area contributed by atoms with E-state index in [-0.39, 0.29) is 75.6 Å². The van der Waals surface area contributed by atoms with Gasteiger partial charge in [0.15, 0.2) is 30.3 Å². The van der Waals surface area contributed by atoms with Crippen LogP contribution in [-0.2, 0) is 145 Å². The summed E-state index contributed by atoms with van der Waals surface area (Å²) in [6.07, 6.45) is 20.5. The second-order valence-corrected chi connectivity index (χ2v) is 24.2. The van der Waals surface area contributed by atoms with Crippen LogP contribution < -0.4 is 0 Å². The van der Waals surface area contributed by atoms with Gasteiger partial charge in [-0.1, -0.05) is 185 Å². The zero-order valence-corrected chi connectivity index (χ0v) is 69.7. The summed E-state index contributed by atoms with van der Waals surface area (Å²) in [6.45, 7) is 58.4. The maximum Gasteiger partial charge on any atom is 0.334 e. The molecule has 0 radical (unpaired) electrons. The molecule has 4 rings (SSSR count). The highest BCUT2D eigenvalue weighted by Crippen LogP contribution is 2.30. The van der Waals surface area contributed by atoms with Crippen molar-refractivity contribution >= 4 is 83.3 Å². The Morgan fingerprint density at radius 2 is 0.864 bits per heavy atom. The third-order valence-electron chi connectivity index (χ3n) is 13.3. The summed E-state index contributed by atoms with van der Waals surface area (Å²) in [7, 11) is 0. The van der Waals surface area contributed by atoms with Crippen LogP contribution >= 0.6 is 0 Å². The minimum absolute atomic E-state index is 0.0465. The molecule has 2 fully saturated rings. The van der Waals surface area contributed by atoms with Crippen LogP contribution in [0.15, 0.2) is 188 Å². The number of aryl methyl sites for hydroxylation is 1. The van der Waals surface area contributed by atoms with Gasteiger partial charge in [0.1, 0.15) is 50.8 Å². The SMILES string of the molecule is C=CC(=O)OC(C)(C)C.C=CC(=O)OCC.C=CC(=O)OCC1CO1.C=CC(=O)OCCCC.C=CC(=O)OCCO.C=CC(=O)OCCOC1OC(COC(C)=O)C(OC(C)=O)C(OC(C)=O)C1OC(C)=O.C=CCOC(=O)C=C.C=COC(=O)C=C.[C-]#[N+]c1ccc(-c2ccc(CCCCCCCCCCCOC(=O)C=C)cc2)cc1. The predicted molar refractivity (Wildman–Crippen MR) is 440 cm³/mol. The first-order valence-electron chi connectivity index (χ1n) is 37.3. The number of aliphatic hydroxyl groups is 1. The zero-order chi connectivity index (χ0) is 90.5. The van der Waals surface area contributed by atoms with Gasteiger partial charge < -0.3 is 80.9 Å². The van der Waals surface area contributed by atoms with Crippen LogP contribution in [0, 0.1) is 6.57 Å². The lowest BCUT2D eigenvalue weighted by Crippen LogP contribution is -2.63. The minimum atomic E-state index is -1.34. The molecular weight excluding hydrogens is 1540 g/mol. The Morgan fingerprint density at radius 3 is 1.25 bits per heavy atom. The highest BCUT2D eigenvalue weighted by atomic mass is 16.7. The number of esters is 13. The third kappa shape index (κ3) is 72.9. The van der Waals surface area contributed by atoms with E-state index in [0.29, 0.717) is 38.7 Å². The Kier molecular flexibility index (Phi) is 74.1. The first-order valence-corrected chi connectivity index (χ1v) is 37.3. The minimum Gasteiger partial charge on any atom is -0.463 e. The molecule has 2 aliphatic heterocycles. The zero-order valence-electron chi connectivity index (χ0n) is 69.7. The van der Waals surface area contributed by atoms with Gasteiger partial charge in [0.2, 0.25) is 0 Å². The number of hydrogen-bond donors (Lipinski definition) is 1. The van der Waals surface area contributed by atoms with E-state index in [4.69, 9.17) is 59.0 Å². The van der Waals surface area contributed by atoms with E-state index in [0.717, 1.165) is 114 Å². The van der Waals surface area contributed by atoms with Crippen LogP contribution in [0.5, 0.6) is 0 Å². The van der Waals surface area contributed by atoms with Gasteiger partial charge >= 0.3 is 77.6 Å². The van der Waals surface area contributed by atoms with Crippen LogP contribution in [0.3, 0.4) is 0 Å². The Bertz CT molecular complexity index is 3430. The lowest BCUT2D eigenvalue weighted by molar-refractivity contribution is -0.309. The molecular formula is C87H121NO30. The second kappa shape index (κ2) is 76.3. The molecule has 6 unspecified atom stereocenters. The number of epoxide rings is 1. The maximum atomic E-state index is 11.7. The fourth-order valence-corrected chi connectivity index (χ4v) is 8.04. The molecule has 31 heteroatoms. The molecule has 0 saturated carbocycles. The fraction of sp³-hybridized carbons (Fsp3) is 0.448. The van der Waals surface area contributed by atoms with Crippen molar-refractivity contribution in [1.82, 2.24) is 0 Å². The molecule has 0 amide bonds. The van der Waals surface area contributed by atoms with Crippen LogP contribution in [-0.4, -0.2) is 198 Å². The quantitative estimate of drug-likeness (QED) is 0.00942. The lowest BCUT2D eigenvalue weighted by atomic mass is 9.98. The number of carbonyl (C=O) groups is 13. The molecule has 1 N–H and O–H groups in total. The van der Waals surface area contributed by atoms with Crippen molar-refractivity contribution in [2.75, 3.05) is 72.7 Å². The summed E-state index contributed by atoms with van der Waals surface area (Å²) in [5, 5.41) is 8.10. The third-order valence-corrected chi connectivity index (χ3v) is 13.3. The number of nitrogens with zero attached hydrogens (tertiary/aromatic N) is 1. The first kappa shape index (κ1) is 115. The summed E-state index contributed by atoms with van der Waals surface area (Å²) < 4.78 is 78.0. The molecule has 0 bridgehead atoms. The van der Waals surface area contributed by atoms with Gasteiger partial charge in [0, 0.05) is 82.4 Å². The first-order chi connectivity index (χ1) is 56.1. The lowest BCUT2D eigenvalue weighted by Gasteiger charge is -2.44. The van der Waals surface area contributed by atoms with Crippen molar-refractivity contribution in [3.05, 3.63) is 205 Å². The Labute approximate surface area is 694 Å². The van der Waals surface area contributed by atoms with Crippen molar-refractivity contribution in [1.29, 1.82) is 0 Å². The van der Waals surface area contributed by atoms with Crippen molar-refractivity contribution < 1.29 is 143 Å². The summed E-state index contributed by atoms with van der Waals surface area (Å²) in [5.74, 6) is -6.72. The van der Waals surface area contributed by atoms with Crippen LogP contribution in [0.4, 0.5) is 5.69 Å². The molecule has 0 spiro atoms. The summed E-state index contributed by atoms with van der Waals surface area (Å²) in [5.41, 5.74) is 4.04. The van der Waals surface area contributed by atoms with Crippen molar-refractivity contribution in [3.63, 3.8) is 0 Å². The van der Waals surface area contributed by atoms with Gasteiger partial charge in [-0.05, 0) is 70.1 Å². The molecule has 2 saturated heterocycles. The van der Waals surface area contributed by atoms with E-state index < -0.39 is 84.1 Å². The average Bonchev–Trinajstić information content (AvgIpc) is 1.07. The van der Waals surface area contributed by atoms with Crippen LogP contribution in [0.1, 0.15) is 139 Å². The largest absolute Gasteiger partial charge is 0.463 e. The van der Waals surface area contributed by atoms with Crippen LogP contribution in [0.25, 0.3) is 16.0 Å². The van der Waals surface area contributed by atoms with Crippen LogP contribution in [0.2, 0.25) is 0 Å². The Hall–Kier alpha value is -12.0. The van der Waals surface area contributed by atoms with E-state index in [1.807, 2.05) is 52.0 Å². The summed E-state index contributed by atoms with van der Waals surface area (Å²) in [6, 6.07) is 16.6. The van der Waals surface area contributed by atoms with E-state index in [1.165, 1.54) is 74.3 Å². The number of carbonyl (C=O) groups excluding carboxylic acids is 13. The van der Waals surface area contributed by atoms with Crippen molar-refractivity contribution in [2.45, 2.75) is 182 Å². The molecule has 6 atom stereocenters. The molecule has 2 aliphatic rings. The molecule has 0 aromatic heterocycles. The maximum absolute atomic E-state index is 11.7. The molecule has 2 heterocycles. The molecule has 2 aromatic rings. The number of rotatable bonds is 42. The van der Waals surface area contributed by atoms with E-state index in [2.05, 4.69) is 130 Å². The number of hydrogen-bond acceptors (Lipinski definition) is 30.